The molecule has 1 aliphatic heterocycles. The third-order valence-corrected chi connectivity index (χ3v) is 7.00. The van der Waals surface area contributed by atoms with Crippen LogP contribution in [0.15, 0.2) is 97.3 Å². The van der Waals surface area contributed by atoms with Gasteiger partial charge in [0.05, 0.1) is 16.9 Å². The molecule has 5 aromatic rings. The van der Waals surface area contributed by atoms with Crippen molar-refractivity contribution in [2.24, 2.45) is 0 Å². The van der Waals surface area contributed by atoms with Gasteiger partial charge in [0, 0.05) is 35.6 Å². The van der Waals surface area contributed by atoms with E-state index in [1.807, 2.05) is 71.4 Å². The molecule has 6 nitrogen and oxygen atoms in total. The van der Waals surface area contributed by atoms with Crippen molar-refractivity contribution in [3.8, 4) is 5.69 Å². The number of nitrogens with one attached hydrogen (secondary N) is 1. The van der Waals surface area contributed by atoms with E-state index in [0.29, 0.717) is 29.9 Å². The van der Waals surface area contributed by atoms with Crippen LogP contribution < -0.4 is 10.2 Å². The average Bonchev–Trinajstić information content (AvgIpc) is 3.37. The highest BCUT2D eigenvalue weighted by Crippen LogP contribution is 2.40. The molecule has 0 fully saturated rings. The molecule has 1 aromatic heterocycles. The van der Waals surface area contributed by atoms with Gasteiger partial charge in [-0.2, -0.15) is 13.2 Å². The Morgan fingerprint density at radius 2 is 1.55 bits per heavy atom. The Bertz CT molecular complexity index is 1720. The molecule has 0 spiro atoms. The van der Waals surface area contributed by atoms with E-state index in [0.717, 1.165) is 40.0 Å². The quantitative estimate of drug-likeness (QED) is 0.248. The van der Waals surface area contributed by atoms with Gasteiger partial charge in [-0.15, -0.1) is 0 Å². The molecule has 40 heavy (non-hydrogen) atoms. The van der Waals surface area contributed by atoms with Gasteiger partial charge in [0.1, 0.15) is 12.2 Å². The van der Waals surface area contributed by atoms with Crippen molar-refractivity contribution in [1.29, 1.82) is 0 Å². The van der Waals surface area contributed by atoms with E-state index >= 15 is 0 Å². The maximum Gasteiger partial charge on any atom is 0.416 e. The third kappa shape index (κ3) is 4.82. The fourth-order valence-corrected chi connectivity index (χ4v) is 5.03. The summed E-state index contributed by atoms with van der Waals surface area (Å²) < 4.78 is 40.5. The number of fused-ring (bicyclic) bond motifs is 3. The number of hydrogen-bond donors (Lipinski definition) is 1. The Balaban J connectivity index is 1.26. The first kappa shape index (κ1) is 25.4. The summed E-state index contributed by atoms with van der Waals surface area (Å²) in [7, 11) is 0. The Morgan fingerprint density at radius 3 is 2.30 bits per heavy atom. The van der Waals surface area contributed by atoms with E-state index < -0.39 is 11.7 Å². The van der Waals surface area contributed by atoms with Gasteiger partial charge in [0.25, 0.3) is 0 Å². The van der Waals surface area contributed by atoms with Gasteiger partial charge in [0.2, 0.25) is 11.8 Å². The van der Waals surface area contributed by atoms with Gasteiger partial charge in [-0.1, -0.05) is 42.5 Å². The third-order valence-electron chi connectivity index (χ3n) is 7.00. The van der Waals surface area contributed by atoms with Gasteiger partial charge >= 0.3 is 6.18 Å². The summed E-state index contributed by atoms with van der Waals surface area (Å²) in [4.78, 5) is 31.7. The zero-order chi connectivity index (χ0) is 27.9. The maximum atomic E-state index is 13.2. The topological polar surface area (TPSA) is 67.2 Å². The van der Waals surface area contributed by atoms with E-state index in [4.69, 9.17) is 0 Å². The lowest BCUT2D eigenvalue weighted by Gasteiger charge is -2.23. The number of aromatic nitrogens is 2. The molecule has 0 aliphatic carbocycles. The second-order valence-electron chi connectivity index (χ2n) is 9.56. The van der Waals surface area contributed by atoms with Gasteiger partial charge in [-0.05, 0) is 59.8 Å². The predicted molar refractivity (Wildman–Crippen MR) is 147 cm³/mol. The van der Waals surface area contributed by atoms with Crippen LogP contribution in [0.3, 0.4) is 0 Å². The zero-order valence-corrected chi connectivity index (χ0v) is 21.2. The lowest BCUT2D eigenvalue weighted by atomic mass is 10.1. The first-order valence-electron chi connectivity index (χ1n) is 12.7. The van der Waals surface area contributed by atoms with E-state index in [1.165, 1.54) is 12.1 Å². The number of carbonyl (C=O) groups excluding carboxylic acids is 2. The second kappa shape index (κ2) is 10.00. The van der Waals surface area contributed by atoms with Crippen molar-refractivity contribution >= 4 is 39.6 Å². The summed E-state index contributed by atoms with van der Waals surface area (Å²) >= 11 is 0. The number of nitrogens with zero attached hydrogens (tertiary/aromatic N) is 3. The van der Waals surface area contributed by atoms with Crippen molar-refractivity contribution in [2.75, 3.05) is 10.2 Å². The smallest absolute Gasteiger partial charge is 0.323 e. The number of aryl methyl sites for hydroxylation is 2. The van der Waals surface area contributed by atoms with Crippen molar-refractivity contribution in [1.82, 2.24) is 9.55 Å². The first-order valence-corrected chi connectivity index (χ1v) is 12.7. The summed E-state index contributed by atoms with van der Waals surface area (Å²) in [5.74, 6) is 0.0575. The van der Waals surface area contributed by atoms with E-state index in [-0.39, 0.29) is 18.2 Å². The molecule has 4 aromatic carbocycles. The second-order valence-corrected chi connectivity index (χ2v) is 9.56. The highest BCUT2D eigenvalue weighted by Gasteiger charge is 2.30. The molecule has 0 saturated carbocycles. The summed E-state index contributed by atoms with van der Waals surface area (Å²) in [6.45, 7) is 0. The molecular formula is C31H23F3N4O2. The molecule has 0 unspecified atom stereocenters. The molecule has 0 bridgehead atoms. The largest absolute Gasteiger partial charge is 0.416 e. The molecule has 0 radical (unpaired) electrons. The molecule has 2 amide bonds. The van der Waals surface area contributed by atoms with Crippen LogP contribution >= 0.6 is 0 Å². The lowest BCUT2D eigenvalue weighted by Crippen LogP contribution is -2.26. The normalized spacial score (nSPS) is 13.7. The Hall–Kier alpha value is -4.92. The number of halogens is 3. The number of anilines is 3. The van der Waals surface area contributed by atoms with Crippen molar-refractivity contribution < 1.29 is 22.8 Å². The summed E-state index contributed by atoms with van der Waals surface area (Å²) in [5, 5.41) is 4.71. The number of benzene rings is 4. The minimum Gasteiger partial charge on any atom is -0.323 e. The fourth-order valence-electron chi connectivity index (χ4n) is 5.03. The molecule has 2 heterocycles. The van der Waals surface area contributed by atoms with Crippen LogP contribution in [-0.4, -0.2) is 21.4 Å². The Kier molecular flexibility index (Phi) is 6.34. The van der Waals surface area contributed by atoms with Crippen LogP contribution in [0.2, 0.25) is 0 Å². The molecule has 1 aliphatic rings. The average molecular weight is 541 g/mol. The predicted octanol–water partition coefficient (Wildman–Crippen LogP) is 6.84. The first-order chi connectivity index (χ1) is 19.3. The van der Waals surface area contributed by atoms with Crippen LogP contribution in [-0.2, 0) is 28.6 Å². The van der Waals surface area contributed by atoms with Crippen LogP contribution in [0.5, 0.6) is 0 Å². The van der Waals surface area contributed by atoms with Crippen molar-refractivity contribution in [3.63, 3.8) is 0 Å². The lowest BCUT2D eigenvalue weighted by molar-refractivity contribution is -0.137. The monoisotopic (exact) mass is 540 g/mol. The van der Waals surface area contributed by atoms with E-state index in [1.54, 1.807) is 11.1 Å². The van der Waals surface area contributed by atoms with Crippen LogP contribution in [0.25, 0.3) is 16.5 Å². The Morgan fingerprint density at radius 1 is 0.825 bits per heavy atom. The van der Waals surface area contributed by atoms with Gasteiger partial charge in [-0.25, -0.2) is 4.98 Å². The highest BCUT2D eigenvalue weighted by atomic mass is 19.4. The number of rotatable bonds is 5. The molecular weight excluding hydrogens is 517 g/mol. The van der Waals surface area contributed by atoms with E-state index in [2.05, 4.69) is 10.3 Å². The number of imidazole rings is 1. The zero-order valence-electron chi connectivity index (χ0n) is 21.2. The van der Waals surface area contributed by atoms with Crippen LogP contribution in [0.4, 0.5) is 30.2 Å². The molecule has 9 heteroatoms. The molecule has 0 saturated heterocycles. The van der Waals surface area contributed by atoms with E-state index in [9.17, 15) is 22.8 Å². The maximum absolute atomic E-state index is 13.2. The Labute approximate surface area is 227 Å². The number of hydrogen-bond acceptors (Lipinski definition) is 3. The standard InChI is InChI=1S/C31H23F3N4O2/c32-31(33,34)22-9-5-20(6-10-22)7-16-27-35-17-18-37(27)23-11-13-24(14-12-23)38-26-15-8-21-3-1-2-4-25(21)30(26)36-28(39)19-29(38)40/h1-6,8-15,17-18H,7,16,19H2,(H,36,39). The SMILES string of the molecule is O=C1CC(=O)N(c2ccc(-n3ccnc3CCc3ccc(C(F)(F)F)cc3)cc2)c2ccc3ccccc3c2N1. The van der Waals surface area contributed by atoms with Gasteiger partial charge in [0.15, 0.2) is 0 Å². The minimum absolute atomic E-state index is 0.277. The summed E-state index contributed by atoms with van der Waals surface area (Å²) in [6, 6.07) is 24.0. The molecule has 1 N–H and O–H groups in total. The highest BCUT2D eigenvalue weighted by molar-refractivity contribution is 6.21. The van der Waals surface area contributed by atoms with Crippen LogP contribution in [0.1, 0.15) is 23.4 Å². The van der Waals surface area contributed by atoms with Crippen LogP contribution in [0, 0.1) is 0 Å². The van der Waals surface area contributed by atoms with Gasteiger partial charge < -0.3 is 9.88 Å². The fraction of sp³-hybridized carbons (Fsp3) is 0.129. The van der Waals surface area contributed by atoms with Gasteiger partial charge in [-0.3, -0.25) is 14.5 Å². The summed E-state index contributed by atoms with van der Waals surface area (Å²) in [5.41, 5.74) is 2.75. The molecule has 200 valence electrons. The molecule has 6 rings (SSSR count). The van der Waals surface area contributed by atoms with Crippen molar-refractivity contribution in [3.05, 3.63) is 114 Å². The number of alkyl halides is 3. The van der Waals surface area contributed by atoms with Crippen molar-refractivity contribution in [2.45, 2.75) is 25.4 Å². The minimum atomic E-state index is -4.36. The molecule has 0 atom stereocenters. The summed E-state index contributed by atoms with van der Waals surface area (Å²) in [6.07, 6.45) is -0.0907. The number of carbonyl (C=O) groups is 2. The number of amides is 2.